The molecule has 1 amide bonds. The fourth-order valence-corrected chi connectivity index (χ4v) is 2.47. The van der Waals surface area contributed by atoms with Crippen LogP contribution < -0.4 is 5.32 Å². The fraction of sp³-hybridized carbons (Fsp3) is 0.636. The summed E-state index contributed by atoms with van der Waals surface area (Å²) in [7, 11) is 0. The second-order valence-corrected chi connectivity index (χ2v) is 5.38. The molecule has 3 atom stereocenters. The van der Waals surface area contributed by atoms with Crippen LogP contribution in [-0.4, -0.2) is 28.2 Å². The Hall–Kier alpha value is -1.50. The van der Waals surface area contributed by atoms with Gasteiger partial charge in [0.1, 0.15) is 5.51 Å². The van der Waals surface area contributed by atoms with Gasteiger partial charge in [0.05, 0.1) is 12.0 Å². The van der Waals surface area contributed by atoms with Crippen LogP contribution in [0.5, 0.6) is 0 Å². The van der Waals surface area contributed by atoms with Gasteiger partial charge in [-0.3, -0.25) is 9.59 Å². The number of aromatic nitrogens is 2. The third-order valence-corrected chi connectivity index (χ3v) is 3.55. The average Bonchev–Trinajstić information content (AvgIpc) is 2.89. The molecule has 0 saturated carbocycles. The van der Waals surface area contributed by atoms with Crippen molar-refractivity contribution in [3.63, 3.8) is 0 Å². The monoisotopic (exact) mass is 269 g/mol. The number of ether oxygens (including phenoxy) is 1. The average molecular weight is 269 g/mol. The first-order valence-electron chi connectivity index (χ1n) is 5.83. The van der Waals surface area contributed by atoms with Crippen LogP contribution in [-0.2, 0) is 14.3 Å². The van der Waals surface area contributed by atoms with E-state index in [1.165, 1.54) is 11.3 Å². The summed E-state index contributed by atoms with van der Waals surface area (Å²) in [6, 6.07) is 0. The molecule has 0 aromatic carbocycles. The molecule has 0 bridgehead atoms. The molecule has 1 saturated heterocycles. The summed E-state index contributed by atoms with van der Waals surface area (Å²) in [5.74, 6) is -0.760. The van der Waals surface area contributed by atoms with Crippen molar-refractivity contribution in [3.8, 4) is 0 Å². The van der Waals surface area contributed by atoms with Gasteiger partial charge in [-0.15, -0.1) is 10.2 Å². The highest BCUT2D eigenvalue weighted by Gasteiger charge is 2.34. The topological polar surface area (TPSA) is 81.2 Å². The Bertz CT molecular complexity index is 435. The van der Waals surface area contributed by atoms with Crippen LogP contribution in [0.2, 0.25) is 0 Å². The summed E-state index contributed by atoms with van der Waals surface area (Å²) < 4.78 is 5.07. The molecule has 1 aliphatic heterocycles. The Kier molecular flexibility index (Phi) is 3.90. The molecule has 0 radical (unpaired) electrons. The number of anilines is 1. The summed E-state index contributed by atoms with van der Waals surface area (Å²) in [4.78, 5) is 23.3. The molecule has 0 aliphatic carbocycles. The van der Waals surface area contributed by atoms with Crippen molar-refractivity contribution in [2.75, 3.05) is 5.32 Å². The van der Waals surface area contributed by atoms with Gasteiger partial charge < -0.3 is 10.1 Å². The van der Waals surface area contributed by atoms with Crippen molar-refractivity contribution >= 4 is 28.3 Å². The van der Waals surface area contributed by atoms with Crippen molar-refractivity contribution in [1.29, 1.82) is 0 Å². The van der Waals surface area contributed by atoms with Gasteiger partial charge in [0.25, 0.3) is 0 Å². The van der Waals surface area contributed by atoms with Crippen LogP contribution in [0.1, 0.15) is 26.7 Å². The van der Waals surface area contributed by atoms with E-state index >= 15 is 0 Å². The van der Waals surface area contributed by atoms with Gasteiger partial charge >= 0.3 is 5.97 Å². The van der Waals surface area contributed by atoms with E-state index in [1.54, 1.807) is 12.4 Å². The Balaban J connectivity index is 1.86. The number of carbonyl (C=O) groups is 2. The molecular formula is C11H15N3O3S. The molecule has 1 N–H and O–H groups in total. The van der Waals surface area contributed by atoms with E-state index in [-0.39, 0.29) is 29.8 Å². The lowest BCUT2D eigenvalue weighted by atomic mass is 9.93. The minimum atomic E-state index is -0.253. The van der Waals surface area contributed by atoms with E-state index in [0.717, 1.165) is 0 Å². The number of rotatable bonds is 4. The SMILES string of the molecule is C[C@H](C[C@H]1C[C@H](C)OC1=O)C(=O)Nc1nncs1. The highest BCUT2D eigenvalue weighted by Crippen LogP contribution is 2.27. The van der Waals surface area contributed by atoms with Gasteiger partial charge in [-0.2, -0.15) is 0 Å². The number of carbonyl (C=O) groups excluding carboxylic acids is 2. The van der Waals surface area contributed by atoms with Crippen molar-refractivity contribution in [2.45, 2.75) is 32.8 Å². The zero-order valence-electron chi connectivity index (χ0n) is 10.3. The van der Waals surface area contributed by atoms with Gasteiger partial charge in [0, 0.05) is 5.92 Å². The zero-order chi connectivity index (χ0) is 13.1. The lowest BCUT2D eigenvalue weighted by molar-refractivity contribution is -0.144. The van der Waals surface area contributed by atoms with Crippen molar-refractivity contribution in [3.05, 3.63) is 5.51 Å². The summed E-state index contributed by atoms with van der Waals surface area (Å²) in [6.45, 7) is 3.66. The second kappa shape index (κ2) is 5.43. The summed E-state index contributed by atoms with van der Waals surface area (Å²) in [6.07, 6.45) is 1.16. The first-order valence-corrected chi connectivity index (χ1v) is 6.71. The largest absolute Gasteiger partial charge is 0.462 e. The van der Waals surface area contributed by atoms with Gasteiger partial charge in [-0.05, 0) is 19.8 Å². The lowest BCUT2D eigenvalue weighted by Crippen LogP contribution is -2.24. The number of nitrogens with zero attached hydrogens (tertiary/aromatic N) is 2. The molecule has 2 rings (SSSR count). The molecular weight excluding hydrogens is 254 g/mol. The van der Waals surface area contributed by atoms with Crippen molar-refractivity contribution in [2.24, 2.45) is 11.8 Å². The van der Waals surface area contributed by atoms with Crippen LogP contribution >= 0.6 is 11.3 Å². The third kappa shape index (κ3) is 3.04. The second-order valence-electron chi connectivity index (χ2n) is 4.55. The van der Waals surface area contributed by atoms with Gasteiger partial charge in [0.15, 0.2) is 0 Å². The number of hydrogen-bond acceptors (Lipinski definition) is 6. The Morgan fingerprint density at radius 3 is 3.06 bits per heavy atom. The van der Waals surface area contributed by atoms with Gasteiger partial charge in [-0.25, -0.2) is 0 Å². The highest BCUT2D eigenvalue weighted by atomic mass is 32.1. The third-order valence-electron chi connectivity index (χ3n) is 2.94. The number of amides is 1. The molecule has 6 nitrogen and oxygen atoms in total. The maximum absolute atomic E-state index is 11.9. The first-order chi connectivity index (χ1) is 8.56. The Labute approximate surface area is 109 Å². The van der Waals surface area contributed by atoms with Crippen LogP contribution in [0.15, 0.2) is 5.51 Å². The molecule has 7 heteroatoms. The standard InChI is InChI=1S/C11H15N3O3S/c1-6(3-8-4-7(2)17-10(8)16)9(15)13-11-14-12-5-18-11/h5-8H,3-4H2,1-2H3,(H,13,14,15)/t6-,7+,8+/m1/s1. The summed E-state index contributed by atoms with van der Waals surface area (Å²) >= 11 is 1.27. The number of hydrogen-bond donors (Lipinski definition) is 1. The molecule has 1 aromatic heterocycles. The quantitative estimate of drug-likeness (QED) is 0.837. The molecule has 1 fully saturated rings. The zero-order valence-corrected chi connectivity index (χ0v) is 11.1. The van der Waals surface area contributed by atoms with Crippen molar-refractivity contribution in [1.82, 2.24) is 10.2 Å². The molecule has 0 unspecified atom stereocenters. The van der Waals surface area contributed by atoms with Gasteiger partial charge in [0.2, 0.25) is 11.0 Å². The Morgan fingerprint density at radius 2 is 2.50 bits per heavy atom. The molecule has 0 spiro atoms. The normalized spacial score (nSPS) is 24.7. The van der Waals surface area contributed by atoms with Crippen LogP contribution in [0.3, 0.4) is 0 Å². The molecule has 18 heavy (non-hydrogen) atoms. The van der Waals surface area contributed by atoms with E-state index in [9.17, 15) is 9.59 Å². The highest BCUT2D eigenvalue weighted by molar-refractivity contribution is 7.13. The number of esters is 1. The minimum Gasteiger partial charge on any atom is -0.462 e. The summed E-state index contributed by atoms with van der Waals surface area (Å²) in [5, 5.41) is 10.5. The molecule has 1 aliphatic rings. The lowest BCUT2D eigenvalue weighted by Gasteiger charge is -2.12. The minimum absolute atomic E-state index is 0.0408. The van der Waals surface area contributed by atoms with E-state index in [4.69, 9.17) is 4.74 Å². The maximum Gasteiger partial charge on any atom is 0.309 e. The van der Waals surface area contributed by atoms with E-state index in [2.05, 4.69) is 15.5 Å². The summed E-state index contributed by atoms with van der Waals surface area (Å²) in [5.41, 5.74) is 1.55. The molecule has 2 heterocycles. The van der Waals surface area contributed by atoms with E-state index < -0.39 is 0 Å². The van der Waals surface area contributed by atoms with Crippen LogP contribution in [0, 0.1) is 11.8 Å². The predicted molar refractivity (Wildman–Crippen MR) is 66.0 cm³/mol. The van der Waals surface area contributed by atoms with Crippen molar-refractivity contribution < 1.29 is 14.3 Å². The first kappa shape index (κ1) is 12.9. The maximum atomic E-state index is 11.9. The van der Waals surface area contributed by atoms with Crippen LogP contribution in [0.25, 0.3) is 0 Å². The molecule has 1 aromatic rings. The predicted octanol–water partition coefficient (Wildman–Crippen LogP) is 1.45. The van der Waals surface area contributed by atoms with E-state index in [1.807, 2.05) is 6.92 Å². The molecule has 98 valence electrons. The smallest absolute Gasteiger partial charge is 0.309 e. The Morgan fingerprint density at radius 1 is 1.72 bits per heavy atom. The number of nitrogens with one attached hydrogen (secondary N) is 1. The van der Waals surface area contributed by atoms with Gasteiger partial charge in [-0.1, -0.05) is 18.3 Å². The number of cyclic esters (lactones) is 1. The fourth-order valence-electron chi connectivity index (χ4n) is 2.02. The van der Waals surface area contributed by atoms with Crippen LogP contribution in [0.4, 0.5) is 5.13 Å². The van der Waals surface area contributed by atoms with E-state index in [0.29, 0.717) is 18.0 Å².